The summed E-state index contributed by atoms with van der Waals surface area (Å²) in [5.41, 5.74) is 8.79. The number of pyridine rings is 3. The van der Waals surface area contributed by atoms with E-state index < -0.39 is 22.7 Å². The number of anilines is 2. The minimum Gasteiger partial charge on any atom is -0.470 e. The van der Waals surface area contributed by atoms with E-state index in [1.165, 1.54) is 0 Å². The molecule has 0 saturated carbocycles. The number of hydrogen-bond acceptors (Lipinski definition) is 10. The van der Waals surface area contributed by atoms with E-state index in [1.807, 2.05) is 47.6 Å². The predicted octanol–water partition coefficient (Wildman–Crippen LogP) is 6.36. The highest BCUT2D eigenvalue weighted by molar-refractivity contribution is 5.93. The highest BCUT2D eigenvalue weighted by Crippen LogP contribution is 2.39. The fraction of sp³-hybridized carbons (Fsp3) is 0.500. The number of hydrogen-bond donors (Lipinski definition) is 1. The molecule has 0 aromatic carbocycles. The van der Waals surface area contributed by atoms with Crippen LogP contribution in [0, 0.1) is 0 Å². The second-order valence-electron chi connectivity index (χ2n) is 12.9. The van der Waals surface area contributed by atoms with Gasteiger partial charge in [-0.15, -0.1) is 0 Å². The molecule has 0 spiro atoms. The maximum absolute atomic E-state index is 12.5. The number of carbonyl (C=O) groups excluding carboxylic acids is 2. The SMILES string of the molecule is C[C@@H]1c2nc(Nc3cc4c(C(C)(C)N=[N+]=[N-])cnc(OC5CN(C(=O)OC(C)(C)C)C5)c4cn3)ccc2C(=O)OC1(C)C. The van der Waals surface area contributed by atoms with Crippen molar-refractivity contribution in [2.75, 3.05) is 18.4 Å². The molecular formula is C30H36N8O5. The van der Waals surface area contributed by atoms with E-state index in [0.717, 1.165) is 5.39 Å². The molecule has 2 aliphatic heterocycles. The number of azide groups is 1. The Morgan fingerprint density at radius 2 is 1.86 bits per heavy atom. The molecule has 13 nitrogen and oxygen atoms in total. The Morgan fingerprint density at radius 3 is 2.53 bits per heavy atom. The molecule has 5 heterocycles. The molecule has 1 atom stereocenters. The fourth-order valence-corrected chi connectivity index (χ4v) is 4.96. The number of amides is 1. The zero-order chi connectivity index (χ0) is 31.3. The molecule has 13 heteroatoms. The van der Waals surface area contributed by atoms with Gasteiger partial charge in [-0.05, 0) is 69.3 Å². The molecule has 2 aliphatic rings. The molecule has 3 aromatic heterocycles. The van der Waals surface area contributed by atoms with E-state index in [9.17, 15) is 15.1 Å². The molecular weight excluding hydrogens is 552 g/mol. The lowest BCUT2D eigenvalue weighted by atomic mass is 9.84. The number of fused-ring (bicyclic) bond motifs is 2. The highest BCUT2D eigenvalue weighted by atomic mass is 16.6. The van der Waals surface area contributed by atoms with Gasteiger partial charge >= 0.3 is 12.1 Å². The summed E-state index contributed by atoms with van der Waals surface area (Å²) in [6, 6.07) is 5.23. The lowest BCUT2D eigenvalue weighted by Crippen LogP contribution is -2.57. The van der Waals surface area contributed by atoms with Gasteiger partial charge in [0.15, 0.2) is 0 Å². The van der Waals surface area contributed by atoms with Crippen molar-refractivity contribution in [3.05, 3.63) is 57.9 Å². The Kier molecular flexibility index (Phi) is 7.33. The minimum absolute atomic E-state index is 0.119. The van der Waals surface area contributed by atoms with Gasteiger partial charge in [-0.2, -0.15) is 0 Å². The molecule has 3 aromatic rings. The van der Waals surface area contributed by atoms with Crippen LogP contribution >= 0.6 is 0 Å². The van der Waals surface area contributed by atoms with Crippen LogP contribution in [0.3, 0.4) is 0 Å². The average Bonchev–Trinajstić information content (AvgIpc) is 2.87. The van der Waals surface area contributed by atoms with Gasteiger partial charge in [-0.25, -0.2) is 24.5 Å². The number of carbonyl (C=O) groups is 2. The van der Waals surface area contributed by atoms with E-state index in [2.05, 4.69) is 25.3 Å². The van der Waals surface area contributed by atoms with Crippen molar-refractivity contribution in [3.8, 4) is 5.88 Å². The third-order valence-corrected chi connectivity index (χ3v) is 7.68. The van der Waals surface area contributed by atoms with E-state index in [0.29, 0.717) is 52.8 Å². The Bertz CT molecular complexity index is 1650. The van der Waals surface area contributed by atoms with E-state index in [4.69, 9.17) is 19.2 Å². The third-order valence-electron chi connectivity index (χ3n) is 7.68. The van der Waals surface area contributed by atoms with Crippen LogP contribution in [0.25, 0.3) is 21.2 Å². The number of aromatic nitrogens is 3. The summed E-state index contributed by atoms with van der Waals surface area (Å²) >= 11 is 0. The van der Waals surface area contributed by atoms with Crippen LogP contribution in [0.4, 0.5) is 16.4 Å². The first-order valence-electron chi connectivity index (χ1n) is 14.1. The molecule has 0 bridgehead atoms. The van der Waals surface area contributed by atoms with E-state index >= 15 is 0 Å². The first kappa shape index (κ1) is 29.8. The Morgan fingerprint density at radius 1 is 1.14 bits per heavy atom. The summed E-state index contributed by atoms with van der Waals surface area (Å²) in [6.45, 7) is 15.5. The third kappa shape index (κ3) is 5.98. The smallest absolute Gasteiger partial charge is 0.410 e. The Hall–Kier alpha value is -4.64. The minimum atomic E-state index is -0.924. The molecule has 1 saturated heterocycles. The van der Waals surface area contributed by atoms with Gasteiger partial charge in [-0.1, -0.05) is 25.9 Å². The Labute approximate surface area is 249 Å². The summed E-state index contributed by atoms with van der Waals surface area (Å²) in [6.07, 6.45) is 2.61. The molecule has 5 rings (SSSR count). The number of cyclic esters (lactones) is 1. The van der Waals surface area contributed by atoms with Crippen molar-refractivity contribution < 1.29 is 23.8 Å². The number of esters is 1. The van der Waals surface area contributed by atoms with Crippen LogP contribution < -0.4 is 10.1 Å². The first-order valence-corrected chi connectivity index (χ1v) is 14.1. The number of rotatable bonds is 6. The van der Waals surface area contributed by atoms with Gasteiger partial charge in [0, 0.05) is 23.2 Å². The second kappa shape index (κ2) is 10.6. The lowest BCUT2D eigenvalue weighted by Gasteiger charge is -2.39. The monoisotopic (exact) mass is 588 g/mol. The largest absolute Gasteiger partial charge is 0.470 e. The number of likely N-dealkylation sites (tertiary alicyclic amines) is 1. The lowest BCUT2D eigenvalue weighted by molar-refractivity contribution is -0.0229. The number of nitrogens with one attached hydrogen (secondary N) is 1. The van der Waals surface area contributed by atoms with E-state index in [-0.39, 0.29) is 18.1 Å². The maximum Gasteiger partial charge on any atom is 0.410 e. The van der Waals surface area contributed by atoms with Gasteiger partial charge in [0.2, 0.25) is 5.88 Å². The van der Waals surface area contributed by atoms with E-state index in [1.54, 1.807) is 43.3 Å². The van der Waals surface area contributed by atoms with Gasteiger partial charge in [0.25, 0.3) is 0 Å². The van der Waals surface area contributed by atoms with Crippen LogP contribution in [-0.2, 0) is 15.0 Å². The van der Waals surface area contributed by atoms with Crippen molar-refractivity contribution in [1.29, 1.82) is 0 Å². The molecule has 0 aliphatic carbocycles. The van der Waals surface area contributed by atoms with Crippen molar-refractivity contribution in [2.45, 2.75) is 84.2 Å². The molecule has 0 radical (unpaired) electrons. The van der Waals surface area contributed by atoms with Crippen molar-refractivity contribution in [1.82, 2.24) is 19.9 Å². The zero-order valence-corrected chi connectivity index (χ0v) is 25.6. The van der Waals surface area contributed by atoms with Crippen molar-refractivity contribution in [3.63, 3.8) is 0 Å². The average molecular weight is 589 g/mol. The summed E-state index contributed by atoms with van der Waals surface area (Å²) in [7, 11) is 0. The Balaban J connectivity index is 1.45. The number of nitrogens with zero attached hydrogens (tertiary/aromatic N) is 7. The van der Waals surface area contributed by atoms with Crippen molar-refractivity contribution >= 4 is 34.5 Å². The molecule has 0 unspecified atom stereocenters. The van der Waals surface area contributed by atoms with Gasteiger partial charge in [0.1, 0.15) is 28.9 Å². The molecule has 43 heavy (non-hydrogen) atoms. The van der Waals surface area contributed by atoms with Gasteiger partial charge in [0.05, 0.1) is 35.3 Å². The summed E-state index contributed by atoms with van der Waals surface area (Å²) < 4.78 is 17.2. The number of ether oxygens (including phenoxy) is 3. The summed E-state index contributed by atoms with van der Waals surface area (Å²) in [5.74, 6) is 0.837. The predicted molar refractivity (Wildman–Crippen MR) is 159 cm³/mol. The fourth-order valence-electron chi connectivity index (χ4n) is 4.96. The quantitative estimate of drug-likeness (QED) is 0.149. The zero-order valence-electron chi connectivity index (χ0n) is 25.6. The van der Waals surface area contributed by atoms with Crippen LogP contribution in [0.15, 0.2) is 35.7 Å². The standard InChI is InChI=1S/C30H36N8O5/c1-16-24-18(26(39)42-30(16,7)8)9-10-22(35-24)34-23-11-19-20(12-32-23)25(33-13-21(19)29(5,6)36-37-31)41-17-14-38(15-17)27(40)43-28(2,3)4/h9-13,16-17H,14-15H2,1-8H3,(H,32,34,35)/t16-/m1/s1. The second-order valence-corrected chi connectivity index (χ2v) is 12.9. The normalized spacial score (nSPS) is 18.2. The summed E-state index contributed by atoms with van der Waals surface area (Å²) in [5, 5.41) is 8.57. The van der Waals surface area contributed by atoms with Crippen molar-refractivity contribution in [2.24, 2.45) is 5.11 Å². The van der Waals surface area contributed by atoms with Gasteiger partial charge in [-0.3, -0.25) is 0 Å². The molecule has 1 fully saturated rings. The van der Waals surface area contributed by atoms with Crippen LogP contribution in [0.5, 0.6) is 5.88 Å². The van der Waals surface area contributed by atoms with Crippen LogP contribution in [-0.4, -0.2) is 62.3 Å². The molecule has 1 amide bonds. The topological polar surface area (TPSA) is 165 Å². The molecule has 226 valence electrons. The van der Waals surface area contributed by atoms with Gasteiger partial charge < -0.3 is 24.4 Å². The first-order chi connectivity index (χ1) is 20.1. The summed E-state index contributed by atoms with van der Waals surface area (Å²) in [4.78, 5) is 43.3. The maximum atomic E-state index is 12.5. The molecule has 1 N–H and O–H groups in total. The highest BCUT2D eigenvalue weighted by Gasteiger charge is 2.40. The van der Waals surface area contributed by atoms with Crippen LogP contribution in [0.2, 0.25) is 0 Å². The van der Waals surface area contributed by atoms with Crippen LogP contribution in [0.1, 0.15) is 82.9 Å².